The smallest absolute Gasteiger partial charge is 0.0622 e. The fourth-order valence-electron chi connectivity index (χ4n) is 6.63. The van der Waals surface area contributed by atoms with Crippen LogP contribution in [0, 0.1) is 0 Å². The van der Waals surface area contributed by atoms with Crippen LogP contribution in [0.15, 0.2) is 170 Å². The van der Waals surface area contributed by atoms with Crippen LogP contribution in [0.4, 0.5) is 0 Å². The van der Waals surface area contributed by atoms with Crippen LogP contribution in [-0.4, -0.2) is 0 Å². The first kappa shape index (κ1) is 18.7. The second kappa shape index (κ2) is 9.93. The Bertz CT molecular complexity index is 2930. The molecule has 9 rings (SSSR count). The largest absolute Gasteiger partial charge is 0.0636 e. The summed E-state index contributed by atoms with van der Waals surface area (Å²) in [4.78, 5) is 0. The molecule has 0 spiro atoms. The highest BCUT2D eigenvalue weighted by Crippen LogP contribution is 2.47. The second-order valence-corrected chi connectivity index (χ2v) is 11.1. The highest BCUT2D eigenvalue weighted by molar-refractivity contribution is 6.26. The Morgan fingerprint density at radius 2 is 0.977 bits per heavy atom. The Morgan fingerprint density at radius 1 is 0.341 bits per heavy atom. The molecule has 0 saturated carbocycles. The van der Waals surface area contributed by atoms with Crippen molar-refractivity contribution in [2.45, 2.75) is 0 Å². The highest BCUT2D eigenvalue weighted by Gasteiger charge is 2.20. The summed E-state index contributed by atoms with van der Waals surface area (Å²) in [5, 5.41) is 6.90. The molecule has 0 aliphatic carbocycles. The summed E-state index contributed by atoms with van der Waals surface area (Å²) in [6.07, 6.45) is 0. The van der Waals surface area contributed by atoms with Gasteiger partial charge in [-0.2, -0.15) is 0 Å². The topological polar surface area (TPSA) is 0 Å². The molecule has 44 heavy (non-hydrogen) atoms. The molecule has 204 valence electrons. The van der Waals surface area contributed by atoms with Crippen molar-refractivity contribution in [3.63, 3.8) is 0 Å². The van der Waals surface area contributed by atoms with Gasteiger partial charge in [0.05, 0.1) is 9.60 Å². The average Bonchev–Trinajstić information content (AvgIpc) is 3.17. The predicted molar refractivity (Wildman–Crippen MR) is 190 cm³/mol. The van der Waals surface area contributed by atoms with E-state index in [-0.39, 0.29) is 53.1 Å². The first-order chi connectivity index (χ1) is 24.8. The lowest BCUT2D eigenvalue weighted by Crippen LogP contribution is -1.93. The van der Waals surface area contributed by atoms with E-state index in [0.29, 0.717) is 44.2 Å². The van der Waals surface area contributed by atoms with Crippen molar-refractivity contribution in [1.82, 2.24) is 0 Å². The zero-order chi connectivity index (χ0) is 35.1. The first-order valence-corrected chi connectivity index (χ1v) is 14.7. The molecule has 0 unspecified atom stereocenters. The third-order valence-electron chi connectivity index (χ3n) is 8.64. The lowest BCUT2D eigenvalue weighted by Gasteiger charge is -2.20. The van der Waals surface area contributed by atoms with Gasteiger partial charge in [0.15, 0.2) is 0 Å². The summed E-state index contributed by atoms with van der Waals surface area (Å²) in [6.45, 7) is 0. The molecule has 0 amide bonds. The Hall–Kier alpha value is -5.72. The van der Waals surface area contributed by atoms with Gasteiger partial charge in [0.25, 0.3) is 0 Å². The maximum Gasteiger partial charge on any atom is 0.0636 e. The summed E-state index contributed by atoms with van der Waals surface area (Å²) in [5.74, 6) is 0. The third-order valence-corrected chi connectivity index (χ3v) is 8.64. The van der Waals surface area contributed by atoms with Crippen molar-refractivity contribution in [2.75, 3.05) is 0 Å². The fraction of sp³-hybridized carbons (Fsp3) is 0. The van der Waals surface area contributed by atoms with Gasteiger partial charge in [-0.15, -0.1) is 0 Å². The Morgan fingerprint density at radius 3 is 1.80 bits per heavy atom. The molecular formula is C44H28. The van der Waals surface area contributed by atoms with Gasteiger partial charge in [-0.3, -0.25) is 0 Å². The standard InChI is InChI=1S/C44H28/c1-2-12-29(13-3-1)32-24-25-40-42(27-32)43(34-23-22-30-14-4-5-15-31(30)26-34)38-20-10-11-21-39(38)44(40)41-28-33-16-6-7-17-35(33)36-18-8-9-19-37(36)41/h1-28H/i10D,11D,20D,21D,24D,25D,27D. The molecule has 0 aromatic heterocycles. The van der Waals surface area contributed by atoms with Crippen LogP contribution < -0.4 is 0 Å². The molecule has 0 radical (unpaired) electrons. The monoisotopic (exact) mass is 563 g/mol. The summed E-state index contributed by atoms with van der Waals surface area (Å²) in [6, 6.07) is 39.5. The molecule has 0 heteroatoms. The fourth-order valence-corrected chi connectivity index (χ4v) is 6.63. The molecule has 0 bridgehead atoms. The van der Waals surface area contributed by atoms with Crippen molar-refractivity contribution >= 4 is 53.9 Å². The molecule has 0 fully saturated rings. The van der Waals surface area contributed by atoms with E-state index in [0.717, 1.165) is 32.3 Å². The van der Waals surface area contributed by atoms with Crippen molar-refractivity contribution in [3.8, 4) is 33.4 Å². The molecule has 0 nitrogen and oxygen atoms in total. The molecule has 0 N–H and O–H groups in total. The van der Waals surface area contributed by atoms with Gasteiger partial charge in [-0.25, -0.2) is 0 Å². The van der Waals surface area contributed by atoms with Crippen LogP contribution in [0.3, 0.4) is 0 Å². The number of hydrogen-bond acceptors (Lipinski definition) is 0. The molecule has 9 aromatic rings. The molecule has 9 aromatic carbocycles. The van der Waals surface area contributed by atoms with Crippen LogP contribution in [0.1, 0.15) is 9.60 Å². The van der Waals surface area contributed by atoms with Gasteiger partial charge in [0.1, 0.15) is 0 Å². The van der Waals surface area contributed by atoms with Crippen LogP contribution in [0.5, 0.6) is 0 Å². The number of benzene rings is 9. The molecule has 0 aliphatic heterocycles. The maximum atomic E-state index is 9.92. The zero-order valence-corrected chi connectivity index (χ0v) is 23.6. The Balaban J connectivity index is 1.62. The van der Waals surface area contributed by atoms with E-state index < -0.39 is 0 Å². The number of rotatable bonds is 3. The first-order valence-electron chi connectivity index (χ1n) is 18.2. The van der Waals surface area contributed by atoms with Crippen LogP contribution in [0.2, 0.25) is 0 Å². The normalized spacial score (nSPS) is 13.9. The maximum absolute atomic E-state index is 9.92. The minimum Gasteiger partial charge on any atom is -0.0622 e. The summed E-state index contributed by atoms with van der Waals surface area (Å²) >= 11 is 0. The van der Waals surface area contributed by atoms with E-state index >= 15 is 0 Å². The number of hydrogen-bond donors (Lipinski definition) is 0. The Kier molecular flexibility index (Phi) is 4.23. The SMILES string of the molecule is [2H]c1c([2H])c([2H])c2c(-c3cc4ccccc4c4ccccc34)c3c([2H])c([2H])c(-c4ccccc4)c([2H])c3c(-c3ccc4ccccc4c3)c2c1[2H]. The molecule has 0 atom stereocenters. The van der Waals surface area contributed by atoms with E-state index in [1.807, 2.05) is 121 Å². The minimum absolute atomic E-state index is 0.0287. The van der Waals surface area contributed by atoms with E-state index in [1.54, 1.807) is 0 Å². The van der Waals surface area contributed by atoms with Gasteiger partial charge in [-0.05, 0) is 105 Å². The highest BCUT2D eigenvalue weighted by atomic mass is 14.2. The molecule has 0 saturated heterocycles. The van der Waals surface area contributed by atoms with Gasteiger partial charge < -0.3 is 0 Å². The van der Waals surface area contributed by atoms with E-state index in [2.05, 4.69) is 6.07 Å². The van der Waals surface area contributed by atoms with E-state index in [1.165, 1.54) is 0 Å². The minimum atomic E-state index is -0.382. The van der Waals surface area contributed by atoms with Crippen LogP contribution in [-0.2, 0) is 0 Å². The van der Waals surface area contributed by atoms with Gasteiger partial charge in [-0.1, -0.05) is 152 Å². The van der Waals surface area contributed by atoms with E-state index in [9.17, 15) is 6.85 Å². The predicted octanol–water partition coefficient (Wildman–Crippen LogP) is 12.5. The second-order valence-electron chi connectivity index (χ2n) is 11.1. The molecular weight excluding hydrogens is 528 g/mol. The van der Waals surface area contributed by atoms with Crippen molar-refractivity contribution in [2.24, 2.45) is 0 Å². The molecule has 0 aliphatic rings. The quantitative estimate of drug-likeness (QED) is 0.148. The summed E-state index contributed by atoms with van der Waals surface area (Å²) in [5.41, 5.74) is 3.12. The zero-order valence-electron chi connectivity index (χ0n) is 30.6. The third kappa shape index (κ3) is 3.85. The van der Waals surface area contributed by atoms with Crippen molar-refractivity contribution in [1.29, 1.82) is 0 Å². The van der Waals surface area contributed by atoms with Crippen LogP contribution >= 0.6 is 0 Å². The number of fused-ring (bicyclic) bond motifs is 6. The van der Waals surface area contributed by atoms with Gasteiger partial charge >= 0.3 is 0 Å². The van der Waals surface area contributed by atoms with E-state index in [4.69, 9.17) is 2.74 Å². The summed E-state index contributed by atoms with van der Waals surface area (Å²) in [7, 11) is 0. The van der Waals surface area contributed by atoms with Crippen molar-refractivity contribution < 1.29 is 9.60 Å². The van der Waals surface area contributed by atoms with Gasteiger partial charge in [0.2, 0.25) is 0 Å². The lowest BCUT2D eigenvalue weighted by atomic mass is 9.83. The van der Waals surface area contributed by atoms with Crippen molar-refractivity contribution in [3.05, 3.63) is 170 Å². The Labute approximate surface area is 266 Å². The van der Waals surface area contributed by atoms with Crippen LogP contribution in [0.25, 0.3) is 87.2 Å². The molecule has 0 heterocycles. The average molecular weight is 564 g/mol. The van der Waals surface area contributed by atoms with Gasteiger partial charge in [0, 0.05) is 0 Å². The lowest BCUT2D eigenvalue weighted by molar-refractivity contribution is 1.64. The summed E-state index contributed by atoms with van der Waals surface area (Å²) < 4.78 is 65.8.